The molecule has 0 radical (unpaired) electrons. The van der Waals surface area contributed by atoms with Gasteiger partial charge >= 0.3 is 0 Å². The van der Waals surface area contributed by atoms with E-state index in [0.29, 0.717) is 17.3 Å². The zero-order valence-corrected chi connectivity index (χ0v) is 9.32. The first kappa shape index (κ1) is 10.8. The van der Waals surface area contributed by atoms with Gasteiger partial charge in [0.25, 0.3) is 0 Å². The normalized spacial score (nSPS) is 10.2. The molecule has 0 spiro atoms. The Labute approximate surface area is 89.7 Å². The lowest BCUT2D eigenvalue weighted by molar-refractivity contribution is 0.161. The van der Waals surface area contributed by atoms with E-state index < -0.39 is 0 Å². The largest absolute Gasteiger partial charge is 0.496 e. The van der Waals surface area contributed by atoms with Crippen molar-refractivity contribution in [3.63, 3.8) is 0 Å². The molecule has 0 unspecified atom stereocenters. The van der Waals surface area contributed by atoms with Crippen LogP contribution >= 0.6 is 27.5 Å². The SMILES string of the molecule is COc1cc(Cl)cc(CNO)c1Br. The molecule has 0 aliphatic heterocycles. The van der Waals surface area contributed by atoms with E-state index in [1.165, 1.54) is 0 Å². The molecular formula is C8H9BrClNO2. The van der Waals surface area contributed by atoms with Gasteiger partial charge in [-0.2, -0.15) is 0 Å². The number of rotatable bonds is 3. The van der Waals surface area contributed by atoms with E-state index in [2.05, 4.69) is 21.4 Å². The molecule has 0 saturated heterocycles. The van der Waals surface area contributed by atoms with Gasteiger partial charge in [0.05, 0.1) is 11.6 Å². The molecule has 0 aliphatic rings. The van der Waals surface area contributed by atoms with Crippen LogP contribution in [0.15, 0.2) is 16.6 Å². The second-order valence-corrected chi connectivity index (χ2v) is 3.65. The lowest BCUT2D eigenvalue weighted by atomic mass is 10.2. The van der Waals surface area contributed by atoms with Crippen molar-refractivity contribution in [1.29, 1.82) is 0 Å². The molecule has 1 aromatic rings. The summed E-state index contributed by atoms with van der Waals surface area (Å²) < 4.78 is 5.86. The number of methoxy groups -OCH3 is 1. The minimum absolute atomic E-state index is 0.317. The van der Waals surface area contributed by atoms with Gasteiger partial charge in [0.2, 0.25) is 0 Å². The van der Waals surface area contributed by atoms with Crippen molar-refractivity contribution >= 4 is 27.5 Å². The molecular weight excluding hydrogens is 257 g/mol. The number of hydrogen-bond acceptors (Lipinski definition) is 3. The molecule has 5 heteroatoms. The van der Waals surface area contributed by atoms with Crippen LogP contribution in [0, 0.1) is 0 Å². The molecule has 1 aromatic carbocycles. The fourth-order valence-electron chi connectivity index (χ4n) is 0.981. The molecule has 0 amide bonds. The number of benzene rings is 1. The van der Waals surface area contributed by atoms with Crippen molar-refractivity contribution in [2.75, 3.05) is 7.11 Å². The van der Waals surface area contributed by atoms with Crippen molar-refractivity contribution in [1.82, 2.24) is 5.48 Å². The average Bonchev–Trinajstić information content (AvgIpc) is 2.11. The Bertz CT molecular complexity index is 306. The molecule has 72 valence electrons. The van der Waals surface area contributed by atoms with E-state index in [9.17, 15) is 0 Å². The summed E-state index contributed by atoms with van der Waals surface area (Å²) in [5.41, 5.74) is 2.90. The van der Waals surface area contributed by atoms with Gasteiger partial charge in [0.1, 0.15) is 5.75 Å². The van der Waals surface area contributed by atoms with Crippen LogP contribution in [0.3, 0.4) is 0 Å². The first-order valence-electron chi connectivity index (χ1n) is 3.58. The fourth-order valence-corrected chi connectivity index (χ4v) is 1.74. The van der Waals surface area contributed by atoms with Crippen LogP contribution in [0.2, 0.25) is 5.02 Å². The summed E-state index contributed by atoms with van der Waals surface area (Å²) in [5, 5.41) is 9.12. The molecule has 0 atom stereocenters. The summed E-state index contributed by atoms with van der Waals surface area (Å²) >= 11 is 9.17. The Balaban J connectivity index is 3.11. The quantitative estimate of drug-likeness (QED) is 0.826. The second-order valence-electron chi connectivity index (χ2n) is 2.42. The van der Waals surface area contributed by atoms with Gasteiger partial charge in [0, 0.05) is 11.6 Å². The summed E-state index contributed by atoms with van der Waals surface area (Å²) in [6, 6.07) is 3.45. The Kier molecular flexibility index (Phi) is 3.99. The second kappa shape index (κ2) is 4.81. The molecule has 2 N–H and O–H groups in total. The maximum absolute atomic E-state index is 8.54. The molecule has 1 rings (SSSR count). The van der Waals surface area contributed by atoms with Crippen LogP contribution in [0.25, 0.3) is 0 Å². The minimum atomic E-state index is 0.317. The van der Waals surface area contributed by atoms with Gasteiger partial charge in [-0.05, 0) is 33.6 Å². The Morgan fingerprint density at radius 3 is 2.85 bits per heavy atom. The number of nitrogens with one attached hydrogen (secondary N) is 1. The predicted octanol–water partition coefficient (Wildman–Crippen LogP) is 2.59. The maximum atomic E-state index is 8.54. The van der Waals surface area contributed by atoms with Gasteiger partial charge < -0.3 is 9.94 Å². The van der Waals surface area contributed by atoms with E-state index in [4.69, 9.17) is 21.5 Å². The first-order chi connectivity index (χ1) is 6.19. The van der Waals surface area contributed by atoms with E-state index in [1.54, 1.807) is 19.2 Å². The predicted molar refractivity (Wildman–Crippen MR) is 54.3 cm³/mol. The van der Waals surface area contributed by atoms with Crippen LogP contribution in [0.1, 0.15) is 5.56 Å². The molecule has 0 aliphatic carbocycles. The molecule has 13 heavy (non-hydrogen) atoms. The van der Waals surface area contributed by atoms with Crippen molar-refractivity contribution in [2.24, 2.45) is 0 Å². The van der Waals surface area contributed by atoms with E-state index in [1.807, 2.05) is 0 Å². The monoisotopic (exact) mass is 265 g/mol. The van der Waals surface area contributed by atoms with Crippen molar-refractivity contribution < 1.29 is 9.94 Å². The highest BCUT2D eigenvalue weighted by atomic mass is 79.9. The van der Waals surface area contributed by atoms with Crippen LogP contribution in [-0.4, -0.2) is 12.3 Å². The summed E-state index contributed by atoms with van der Waals surface area (Å²) in [6.07, 6.45) is 0. The number of hydrogen-bond donors (Lipinski definition) is 2. The zero-order chi connectivity index (χ0) is 9.84. The Morgan fingerprint density at radius 2 is 2.31 bits per heavy atom. The van der Waals surface area contributed by atoms with Crippen LogP contribution in [0.5, 0.6) is 5.75 Å². The first-order valence-corrected chi connectivity index (χ1v) is 4.75. The van der Waals surface area contributed by atoms with E-state index in [-0.39, 0.29) is 0 Å². The lowest BCUT2D eigenvalue weighted by Crippen LogP contribution is -2.07. The topological polar surface area (TPSA) is 41.5 Å². The summed E-state index contributed by atoms with van der Waals surface area (Å²) in [4.78, 5) is 0. The number of halogens is 2. The number of hydroxylamine groups is 1. The van der Waals surface area contributed by atoms with E-state index in [0.717, 1.165) is 10.0 Å². The smallest absolute Gasteiger partial charge is 0.134 e. The van der Waals surface area contributed by atoms with Crippen LogP contribution in [0.4, 0.5) is 0 Å². The molecule has 3 nitrogen and oxygen atoms in total. The molecule has 0 saturated carbocycles. The third-order valence-corrected chi connectivity index (χ3v) is 2.69. The summed E-state index contributed by atoms with van der Waals surface area (Å²) in [5.74, 6) is 0.651. The van der Waals surface area contributed by atoms with Gasteiger partial charge in [0.15, 0.2) is 0 Å². The van der Waals surface area contributed by atoms with Crippen molar-refractivity contribution in [3.05, 3.63) is 27.2 Å². The average molecular weight is 267 g/mol. The van der Waals surface area contributed by atoms with Crippen molar-refractivity contribution in [2.45, 2.75) is 6.54 Å². The molecule has 0 heterocycles. The summed E-state index contributed by atoms with van der Waals surface area (Å²) in [6.45, 7) is 0.317. The van der Waals surface area contributed by atoms with Gasteiger partial charge in [-0.3, -0.25) is 0 Å². The van der Waals surface area contributed by atoms with E-state index >= 15 is 0 Å². The third-order valence-electron chi connectivity index (χ3n) is 1.57. The zero-order valence-electron chi connectivity index (χ0n) is 6.97. The highest BCUT2D eigenvalue weighted by Crippen LogP contribution is 2.31. The minimum Gasteiger partial charge on any atom is -0.496 e. The fraction of sp³-hybridized carbons (Fsp3) is 0.250. The standard InChI is InChI=1S/C8H9BrClNO2/c1-13-7-3-6(10)2-5(4-11-12)8(7)9/h2-3,11-12H,4H2,1H3. The maximum Gasteiger partial charge on any atom is 0.134 e. The van der Waals surface area contributed by atoms with Gasteiger partial charge in [-0.1, -0.05) is 11.6 Å². The van der Waals surface area contributed by atoms with Gasteiger partial charge in [-0.15, -0.1) is 0 Å². The molecule has 0 bridgehead atoms. The molecule has 0 fully saturated rings. The number of ether oxygens (including phenoxy) is 1. The van der Waals surface area contributed by atoms with Crippen LogP contribution in [-0.2, 0) is 6.54 Å². The Hall–Kier alpha value is -0.290. The van der Waals surface area contributed by atoms with Crippen molar-refractivity contribution in [3.8, 4) is 5.75 Å². The molecule has 0 aromatic heterocycles. The lowest BCUT2D eigenvalue weighted by Gasteiger charge is -2.08. The Morgan fingerprint density at radius 1 is 1.62 bits per heavy atom. The summed E-state index contributed by atoms with van der Waals surface area (Å²) in [7, 11) is 1.56. The highest BCUT2D eigenvalue weighted by molar-refractivity contribution is 9.10. The third kappa shape index (κ3) is 2.57. The highest BCUT2D eigenvalue weighted by Gasteiger charge is 2.07. The van der Waals surface area contributed by atoms with Crippen LogP contribution < -0.4 is 10.2 Å². The van der Waals surface area contributed by atoms with Gasteiger partial charge in [-0.25, -0.2) is 5.48 Å².